The van der Waals surface area contributed by atoms with Gasteiger partial charge in [0.05, 0.1) is 11.5 Å². The second-order valence-corrected chi connectivity index (χ2v) is 9.47. The average molecular weight is 408 g/mol. The van der Waals surface area contributed by atoms with Crippen molar-refractivity contribution in [2.45, 2.75) is 25.3 Å². The molecule has 4 amide bonds. The van der Waals surface area contributed by atoms with E-state index < -0.39 is 15.9 Å². The number of hydrogen-bond acceptors (Lipinski definition) is 5. The second-order valence-electron chi connectivity index (χ2n) is 7.24. The molecule has 28 heavy (non-hydrogen) atoms. The van der Waals surface area contributed by atoms with Crippen molar-refractivity contribution in [1.29, 1.82) is 0 Å². The number of anilines is 1. The van der Waals surface area contributed by atoms with E-state index in [-0.39, 0.29) is 35.3 Å². The maximum Gasteiger partial charge on any atom is 0.319 e. The van der Waals surface area contributed by atoms with Crippen molar-refractivity contribution < 1.29 is 22.8 Å². The Bertz CT molecular complexity index is 860. The lowest BCUT2D eigenvalue weighted by Crippen LogP contribution is -2.41. The highest BCUT2D eigenvalue weighted by Gasteiger charge is 2.29. The van der Waals surface area contributed by atoms with Gasteiger partial charge in [-0.1, -0.05) is 0 Å². The second kappa shape index (κ2) is 8.17. The number of hydrogen-bond donors (Lipinski definition) is 3. The Morgan fingerprint density at radius 1 is 1.04 bits per heavy atom. The van der Waals surface area contributed by atoms with Gasteiger partial charge in [-0.15, -0.1) is 0 Å². The summed E-state index contributed by atoms with van der Waals surface area (Å²) in [6.07, 6.45) is 1.55. The lowest BCUT2D eigenvalue weighted by molar-refractivity contribution is -0.123. The van der Waals surface area contributed by atoms with E-state index in [4.69, 9.17) is 5.73 Å². The maximum atomic E-state index is 12.6. The highest BCUT2D eigenvalue weighted by atomic mass is 32.2. The Kier molecular flexibility index (Phi) is 5.87. The van der Waals surface area contributed by atoms with Crippen molar-refractivity contribution >= 4 is 33.4 Å². The van der Waals surface area contributed by atoms with Gasteiger partial charge < -0.3 is 21.3 Å². The zero-order valence-electron chi connectivity index (χ0n) is 15.4. The first-order valence-corrected chi connectivity index (χ1v) is 11.0. The number of primary amides is 1. The molecule has 2 heterocycles. The smallest absolute Gasteiger partial charge is 0.319 e. The van der Waals surface area contributed by atoms with Crippen molar-refractivity contribution in [1.82, 2.24) is 10.2 Å². The number of amides is 4. The van der Waals surface area contributed by atoms with Gasteiger partial charge >= 0.3 is 6.03 Å². The summed E-state index contributed by atoms with van der Waals surface area (Å²) in [7, 11) is -3.06. The number of nitrogens with zero attached hydrogens (tertiary/aromatic N) is 1. The molecule has 3 rings (SSSR count). The molecule has 2 saturated heterocycles. The number of carbonyl (C=O) groups is 3. The van der Waals surface area contributed by atoms with Crippen LogP contribution in [0.3, 0.4) is 0 Å². The van der Waals surface area contributed by atoms with Gasteiger partial charge in [-0.2, -0.15) is 0 Å². The van der Waals surface area contributed by atoms with E-state index in [1.165, 1.54) is 0 Å². The lowest BCUT2D eigenvalue weighted by atomic mass is 9.96. The number of rotatable bonds is 4. The Morgan fingerprint density at radius 2 is 1.68 bits per heavy atom. The van der Waals surface area contributed by atoms with Gasteiger partial charge in [0, 0.05) is 36.3 Å². The topological polar surface area (TPSA) is 139 Å². The van der Waals surface area contributed by atoms with E-state index in [9.17, 15) is 22.8 Å². The van der Waals surface area contributed by atoms with Crippen molar-refractivity contribution in [2.75, 3.05) is 29.9 Å². The van der Waals surface area contributed by atoms with Gasteiger partial charge in [0.15, 0.2) is 9.84 Å². The number of likely N-dealkylation sites (tertiary alicyclic amines) is 1. The standard InChI is InChI=1S/C18H24N4O5S/c19-16(23)12-5-8-22(9-6-12)17(24)13-1-3-14(4-2-13)20-18(25)21-15-7-10-28(26,27)11-15/h1-4,12,15H,5-11H2,(H2,19,23)(H2,20,21,25)/t15-/m1/s1. The monoisotopic (exact) mass is 408 g/mol. The van der Waals surface area contributed by atoms with Crippen LogP contribution in [0.2, 0.25) is 0 Å². The fraction of sp³-hybridized carbons (Fsp3) is 0.500. The van der Waals surface area contributed by atoms with Crippen molar-refractivity contribution in [2.24, 2.45) is 11.7 Å². The number of nitrogens with two attached hydrogens (primary N) is 1. The van der Waals surface area contributed by atoms with Crippen LogP contribution in [0.25, 0.3) is 0 Å². The van der Waals surface area contributed by atoms with Crippen LogP contribution in [-0.2, 0) is 14.6 Å². The van der Waals surface area contributed by atoms with Crippen LogP contribution in [-0.4, -0.2) is 61.8 Å². The molecule has 1 aromatic rings. The summed E-state index contributed by atoms with van der Waals surface area (Å²) in [5.74, 6) is -0.582. The normalized spacial score (nSPS) is 21.9. The van der Waals surface area contributed by atoms with E-state index in [1.54, 1.807) is 29.2 Å². The van der Waals surface area contributed by atoms with Gasteiger partial charge in [0.2, 0.25) is 5.91 Å². The summed E-state index contributed by atoms with van der Waals surface area (Å²) in [6, 6.07) is 5.63. The molecular weight excluding hydrogens is 384 g/mol. The number of piperidine rings is 1. The van der Waals surface area contributed by atoms with E-state index in [2.05, 4.69) is 10.6 Å². The molecule has 0 radical (unpaired) electrons. The third kappa shape index (κ3) is 5.00. The van der Waals surface area contributed by atoms with E-state index in [1.807, 2.05) is 0 Å². The SMILES string of the molecule is NC(=O)C1CCN(C(=O)c2ccc(NC(=O)N[C@@H]3CCS(=O)(=O)C3)cc2)CC1. The summed E-state index contributed by atoms with van der Waals surface area (Å²) in [5.41, 5.74) is 6.30. The fourth-order valence-electron chi connectivity index (χ4n) is 3.51. The molecule has 0 unspecified atom stereocenters. The van der Waals surface area contributed by atoms with Gasteiger partial charge in [0.25, 0.3) is 5.91 Å². The number of urea groups is 1. The largest absolute Gasteiger partial charge is 0.369 e. The number of nitrogens with one attached hydrogen (secondary N) is 2. The van der Waals surface area contributed by atoms with Crippen LogP contribution >= 0.6 is 0 Å². The highest BCUT2D eigenvalue weighted by Crippen LogP contribution is 2.19. The molecule has 0 aromatic heterocycles. The number of sulfone groups is 1. The maximum absolute atomic E-state index is 12.6. The number of carbonyl (C=O) groups excluding carboxylic acids is 3. The Labute approximate surface area is 163 Å². The van der Waals surface area contributed by atoms with Crippen molar-refractivity contribution in [3.63, 3.8) is 0 Å². The lowest BCUT2D eigenvalue weighted by Gasteiger charge is -2.30. The molecule has 0 spiro atoms. The molecule has 4 N–H and O–H groups in total. The predicted molar refractivity (Wildman–Crippen MR) is 103 cm³/mol. The molecular formula is C18H24N4O5S. The molecule has 9 nitrogen and oxygen atoms in total. The molecule has 2 aliphatic heterocycles. The third-order valence-electron chi connectivity index (χ3n) is 5.14. The molecule has 2 fully saturated rings. The summed E-state index contributed by atoms with van der Waals surface area (Å²) >= 11 is 0. The average Bonchev–Trinajstić information content (AvgIpc) is 3.00. The molecule has 10 heteroatoms. The fourth-order valence-corrected chi connectivity index (χ4v) is 5.18. The first-order valence-electron chi connectivity index (χ1n) is 9.20. The van der Waals surface area contributed by atoms with Crippen LogP contribution < -0.4 is 16.4 Å². The Morgan fingerprint density at radius 3 is 2.21 bits per heavy atom. The van der Waals surface area contributed by atoms with Crippen LogP contribution in [0, 0.1) is 5.92 Å². The minimum absolute atomic E-state index is 0.0414. The van der Waals surface area contributed by atoms with Crippen molar-refractivity contribution in [3.05, 3.63) is 29.8 Å². The first-order chi connectivity index (χ1) is 13.2. The molecule has 1 aromatic carbocycles. The van der Waals surface area contributed by atoms with Crippen LogP contribution in [0.5, 0.6) is 0 Å². The van der Waals surface area contributed by atoms with Gasteiger partial charge in [0.1, 0.15) is 0 Å². The zero-order valence-corrected chi connectivity index (χ0v) is 16.2. The van der Waals surface area contributed by atoms with E-state index >= 15 is 0 Å². The van der Waals surface area contributed by atoms with Gasteiger partial charge in [-0.3, -0.25) is 9.59 Å². The van der Waals surface area contributed by atoms with Crippen LogP contribution in [0.4, 0.5) is 10.5 Å². The summed E-state index contributed by atoms with van der Waals surface area (Å²) in [5, 5.41) is 5.28. The van der Waals surface area contributed by atoms with Crippen molar-refractivity contribution in [3.8, 4) is 0 Å². The Hall–Kier alpha value is -2.62. The molecule has 152 valence electrons. The minimum Gasteiger partial charge on any atom is -0.369 e. The Balaban J connectivity index is 1.51. The first kappa shape index (κ1) is 20.1. The van der Waals surface area contributed by atoms with E-state index in [0.29, 0.717) is 43.6 Å². The predicted octanol–water partition coefficient (Wildman–Crippen LogP) is 0.333. The van der Waals surface area contributed by atoms with Crippen LogP contribution in [0.15, 0.2) is 24.3 Å². The van der Waals surface area contributed by atoms with Crippen LogP contribution in [0.1, 0.15) is 29.6 Å². The zero-order chi connectivity index (χ0) is 20.3. The third-order valence-corrected chi connectivity index (χ3v) is 6.91. The molecule has 0 saturated carbocycles. The van der Waals surface area contributed by atoms with E-state index in [0.717, 1.165) is 0 Å². The highest BCUT2D eigenvalue weighted by molar-refractivity contribution is 7.91. The number of benzene rings is 1. The molecule has 2 aliphatic rings. The molecule has 1 atom stereocenters. The van der Waals surface area contributed by atoms with Gasteiger partial charge in [-0.25, -0.2) is 13.2 Å². The van der Waals surface area contributed by atoms with Gasteiger partial charge in [-0.05, 0) is 43.5 Å². The molecule has 0 aliphatic carbocycles. The summed E-state index contributed by atoms with van der Waals surface area (Å²) < 4.78 is 22.9. The quantitative estimate of drug-likeness (QED) is 0.659. The summed E-state index contributed by atoms with van der Waals surface area (Å²) in [4.78, 5) is 37.5. The minimum atomic E-state index is -3.06. The summed E-state index contributed by atoms with van der Waals surface area (Å²) in [6.45, 7) is 0.971. The molecule has 0 bridgehead atoms.